The van der Waals surface area contributed by atoms with Crippen molar-refractivity contribution in [2.45, 2.75) is 32.7 Å². The van der Waals surface area contributed by atoms with E-state index in [1.54, 1.807) is 0 Å². The number of benzene rings is 1. The van der Waals surface area contributed by atoms with E-state index in [1.807, 2.05) is 42.8 Å². The maximum absolute atomic E-state index is 9.69. The first kappa shape index (κ1) is 15.5. The van der Waals surface area contributed by atoms with Crippen LogP contribution in [0.15, 0.2) is 28.7 Å². The standard InChI is InChI=1S/C15H18BrClN2O/c1-3-19-14(15(17)10(2)18-19)8-12(9-20)11-4-6-13(16)7-5-11/h4-7,12,20H,3,8-9H2,1-2H3. The summed E-state index contributed by atoms with van der Waals surface area (Å²) >= 11 is 9.76. The zero-order valence-corrected chi connectivity index (χ0v) is 13.9. The number of aryl methyl sites for hydroxylation is 2. The summed E-state index contributed by atoms with van der Waals surface area (Å²) < 4.78 is 2.95. The second kappa shape index (κ2) is 6.74. The molecule has 1 heterocycles. The monoisotopic (exact) mass is 356 g/mol. The third kappa shape index (κ3) is 3.25. The molecule has 0 saturated heterocycles. The number of aliphatic hydroxyl groups excluding tert-OH is 1. The first-order chi connectivity index (χ1) is 9.56. The van der Waals surface area contributed by atoms with E-state index in [9.17, 15) is 5.11 Å². The lowest BCUT2D eigenvalue weighted by atomic mass is 9.95. The first-order valence-electron chi connectivity index (χ1n) is 6.64. The fraction of sp³-hybridized carbons (Fsp3) is 0.400. The second-order valence-electron chi connectivity index (χ2n) is 4.80. The molecule has 5 heteroatoms. The molecule has 20 heavy (non-hydrogen) atoms. The first-order valence-corrected chi connectivity index (χ1v) is 7.82. The van der Waals surface area contributed by atoms with Crippen LogP contribution in [0.5, 0.6) is 0 Å². The minimum atomic E-state index is 0.0296. The molecule has 1 N–H and O–H groups in total. The normalized spacial score (nSPS) is 12.7. The Balaban J connectivity index is 2.28. The summed E-state index contributed by atoms with van der Waals surface area (Å²) in [4.78, 5) is 0. The summed E-state index contributed by atoms with van der Waals surface area (Å²) in [7, 11) is 0. The van der Waals surface area contributed by atoms with Gasteiger partial charge in [-0.05, 0) is 38.0 Å². The summed E-state index contributed by atoms with van der Waals surface area (Å²) in [6, 6.07) is 8.03. The van der Waals surface area contributed by atoms with Gasteiger partial charge in [-0.15, -0.1) is 0 Å². The van der Waals surface area contributed by atoms with Gasteiger partial charge < -0.3 is 5.11 Å². The molecule has 0 amide bonds. The molecule has 108 valence electrons. The van der Waals surface area contributed by atoms with Gasteiger partial charge in [0.15, 0.2) is 0 Å². The van der Waals surface area contributed by atoms with Crippen molar-refractivity contribution in [3.8, 4) is 0 Å². The number of aromatic nitrogens is 2. The van der Waals surface area contributed by atoms with E-state index in [0.717, 1.165) is 28.0 Å². The second-order valence-corrected chi connectivity index (χ2v) is 6.09. The van der Waals surface area contributed by atoms with Crippen molar-refractivity contribution >= 4 is 27.5 Å². The Morgan fingerprint density at radius 2 is 2.00 bits per heavy atom. The van der Waals surface area contributed by atoms with Gasteiger partial charge in [-0.25, -0.2) is 0 Å². The van der Waals surface area contributed by atoms with E-state index >= 15 is 0 Å². The molecule has 1 atom stereocenters. The quantitative estimate of drug-likeness (QED) is 0.880. The minimum Gasteiger partial charge on any atom is -0.396 e. The third-order valence-electron chi connectivity index (χ3n) is 3.45. The smallest absolute Gasteiger partial charge is 0.0847 e. The zero-order chi connectivity index (χ0) is 14.7. The van der Waals surface area contributed by atoms with E-state index in [0.29, 0.717) is 11.4 Å². The molecule has 3 nitrogen and oxygen atoms in total. The van der Waals surface area contributed by atoms with Crippen LogP contribution >= 0.6 is 27.5 Å². The molecule has 0 spiro atoms. The van der Waals surface area contributed by atoms with E-state index < -0.39 is 0 Å². The topological polar surface area (TPSA) is 38.0 Å². The van der Waals surface area contributed by atoms with Crippen LogP contribution in [0.4, 0.5) is 0 Å². The molecular formula is C15H18BrClN2O. The summed E-state index contributed by atoms with van der Waals surface area (Å²) in [6.45, 7) is 4.82. The molecule has 0 saturated carbocycles. The van der Waals surface area contributed by atoms with Crippen molar-refractivity contribution < 1.29 is 5.11 Å². The van der Waals surface area contributed by atoms with Gasteiger partial charge in [-0.2, -0.15) is 5.10 Å². The van der Waals surface area contributed by atoms with Crippen molar-refractivity contribution in [2.24, 2.45) is 0 Å². The van der Waals surface area contributed by atoms with Crippen LogP contribution in [0, 0.1) is 6.92 Å². The summed E-state index contributed by atoms with van der Waals surface area (Å²) in [5.74, 6) is 0.0296. The van der Waals surface area contributed by atoms with E-state index in [1.165, 1.54) is 0 Å². The average molecular weight is 358 g/mol. The highest BCUT2D eigenvalue weighted by Gasteiger charge is 2.18. The third-order valence-corrected chi connectivity index (χ3v) is 4.47. The Labute approximate surface area is 132 Å². The number of hydrogen-bond donors (Lipinski definition) is 1. The number of hydrogen-bond acceptors (Lipinski definition) is 2. The van der Waals surface area contributed by atoms with Crippen molar-refractivity contribution in [2.75, 3.05) is 6.61 Å². The van der Waals surface area contributed by atoms with Crippen LogP contribution in [0.3, 0.4) is 0 Å². The predicted octanol–water partition coefficient (Wildman–Crippen LogP) is 3.95. The Bertz CT molecular complexity index is 580. The van der Waals surface area contributed by atoms with Crippen molar-refractivity contribution in [3.63, 3.8) is 0 Å². The van der Waals surface area contributed by atoms with E-state index in [4.69, 9.17) is 11.6 Å². The van der Waals surface area contributed by atoms with Gasteiger partial charge in [0.2, 0.25) is 0 Å². The van der Waals surface area contributed by atoms with Gasteiger partial charge in [-0.3, -0.25) is 4.68 Å². The van der Waals surface area contributed by atoms with Crippen LogP contribution < -0.4 is 0 Å². The number of aliphatic hydroxyl groups is 1. The fourth-order valence-electron chi connectivity index (χ4n) is 2.32. The SMILES string of the molecule is CCn1nc(C)c(Cl)c1CC(CO)c1ccc(Br)cc1. The molecule has 1 aromatic heterocycles. The van der Waals surface area contributed by atoms with Gasteiger partial charge >= 0.3 is 0 Å². The van der Waals surface area contributed by atoms with Crippen molar-refractivity contribution in [3.05, 3.63) is 50.7 Å². The van der Waals surface area contributed by atoms with Crippen molar-refractivity contribution in [1.29, 1.82) is 0 Å². The van der Waals surface area contributed by atoms with Gasteiger partial charge in [0, 0.05) is 16.9 Å². The predicted molar refractivity (Wildman–Crippen MR) is 85.3 cm³/mol. The summed E-state index contributed by atoms with van der Waals surface area (Å²) in [5.41, 5.74) is 2.94. The molecule has 2 rings (SSSR count). The van der Waals surface area contributed by atoms with Crippen LogP contribution in [0.25, 0.3) is 0 Å². The highest BCUT2D eigenvalue weighted by atomic mass is 79.9. The fourth-order valence-corrected chi connectivity index (χ4v) is 2.80. The maximum atomic E-state index is 9.69. The zero-order valence-electron chi connectivity index (χ0n) is 11.6. The number of halogens is 2. The van der Waals surface area contributed by atoms with Crippen LogP contribution in [-0.2, 0) is 13.0 Å². The van der Waals surface area contributed by atoms with Gasteiger partial charge in [0.1, 0.15) is 0 Å². The number of rotatable bonds is 5. The molecule has 1 unspecified atom stereocenters. The lowest BCUT2D eigenvalue weighted by Crippen LogP contribution is -2.12. The van der Waals surface area contributed by atoms with Gasteiger partial charge in [0.25, 0.3) is 0 Å². The highest BCUT2D eigenvalue weighted by molar-refractivity contribution is 9.10. The van der Waals surface area contributed by atoms with Gasteiger partial charge in [0.05, 0.1) is 23.0 Å². The van der Waals surface area contributed by atoms with Crippen LogP contribution in [0.2, 0.25) is 5.02 Å². The minimum absolute atomic E-state index is 0.0296. The molecule has 0 aliphatic rings. The molecule has 0 radical (unpaired) electrons. The Morgan fingerprint density at radius 3 is 2.55 bits per heavy atom. The lowest BCUT2D eigenvalue weighted by molar-refractivity contribution is 0.262. The van der Waals surface area contributed by atoms with E-state index in [2.05, 4.69) is 21.0 Å². The molecule has 1 aromatic carbocycles. The molecule has 0 bridgehead atoms. The highest BCUT2D eigenvalue weighted by Crippen LogP contribution is 2.28. The Kier molecular flexibility index (Phi) is 5.24. The van der Waals surface area contributed by atoms with E-state index in [-0.39, 0.29) is 12.5 Å². The Hall–Kier alpha value is -0.840. The summed E-state index contributed by atoms with van der Waals surface area (Å²) in [5, 5.41) is 14.8. The Morgan fingerprint density at radius 1 is 1.35 bits per heavy atom. The molecular weight excluding hydrogens is 340 g/mol. The lowest BCUT2D eigenvalue weighted by Gasteiger charge is -2.16. The maximum Gasteiger partial charge on any atom is 0.0847 e. The summed E-state index contributed by atoms with van der Waals surface area (Å²) in [6.07, 6.45) is 0.686. The van der Waals surface area contributed by atoms with Gasteiger partial charge in [-0.1, -0.05) is 39.7 Å². The number of nitrogens with zero attached hydrogens (tertiary/aromatic N) is 2. The van der Waals surface area contributed by atoms with Crippen LogP contribution in [-0.4, -0.2) is 21.5 Å². The molecule has 0 aliphatic carbocycles. The molecule has 0 aliphatic heterocycles. The van der Waals surface area contributed by atoms with Crippen molar-refractivity contribution in [1.82, 2.24) is 9.78 Å². The largest absolute Gasteiger partial charge is 0.396 e. The molecule has 0 fully saturated rings. The molecule has 2 aromatic rings. The van der Waals surface area contributed by atoms with Crippen LogP contribution in [0.1, 0.15) is 29.8 Å². The average Bonchev–Trinajstić information content (AvgIpc) is 2.73.